The average Bonchev–Trinajstić information content (AvgIpc) is 2.66. The van der Waals surface area contributed by atoms with Gasteiger partial charge in [0.15, 0.2) is 5.78 Å². The van der Waals surface area contributed by atoms with Crippen molar-refractivity contribution in [3.05, 3.63) is 35.1 Å². The molecule has 0 amide bonds. The van der Waals surface area contributed by atoms with Crippen LogP contribution in [0.3, 0.4) is 0 Å². The highest BCUT2D eigenvalue weighted by Crippen LogP contribution is 2.46. The van der Waals surface area contributed by atoms with E-state index in [2.05, 4.69) is 0 Å². The van der Waals surface area contributed by atoms with Gasteiger partial charge in [0.25, 0.3) is 0 Å². The zero-order valence-corrected chi connectivity index (χ0v) is 8.50. The number of halogens is 1. The molecule has 1 fully saturated rings. The number of ketones is 1. The zero-order valence-electron chi connectivity index (χ0n) is 8.50. The summed E-state index contributed by atoms with van der Waals surface area (Å²) in [5, 5.41) is 0. The maximum Gasteiger partial charge on any atom is 0.163 e. The summed E-state index contributed by atoms with van der Waals surface area (Å²) in [6.07, 6.45) is 4.16. The topological polar surface area (TPSA) is 17.1 Å². The highest BCUT2D eigenvalue weighted by molar-refractivity contribution is 5.99. The zero-order chi connectivity index (χ0) is 10.4. The lowest BCUT2D eigenvalue weighted by molar-refractivity contribution is 0.0943. The van der Waals surface area contributed by atoms with Crippen LogP contribution in [0, 0.1) is 11.7 Å². The smallest absolute Gasteiger partial charge is 0.163 e. The first-order valence-corrected chi connectivity index (χ1v) is 5.58. The van der Waals surface area contributed by atoms with E-state index in [0.29, 0.717) is 23.8 Å². The first-order valence-electron chi connectivity index (χ1n) is 5.58. The summed E-state index contributed by atoms with van der Waals surface area (Å²) in [6, 6.07) is 4.70. The van der Waals surface area contributed by atoms with E-state index in [-0.39, 0.29) is 11.6 Å². The highest BCUT2D eigenvalue weighted by Gasteiger charge is 2.36. The summed E-state index contributed by atoms with van der Waals surface area (Å²) >= 11 is 0. The molecule has 0 heterocycles. The lowest BCUT2D eigenvalue weighted by atomic mass is 9.76. The average molecular weight is 204 g/mol. The molecule has 0 aromatic heterocycles. The van der Waals surface area contributed by atoms with Crippen LogP contribution in [0.15, 0.2) is 18.2 Å². The van der Waals surface area contributed by atoms with Crippen LogP contribution in [0.25, 0.3) is 0 Å². The van der Waals surface area contributed by atoms with Crippen LogP contribution in [0.2, 0.25) is 0 Å². The Kier molecular flexibility index (Phi) is 1.91. The molecule has 1 saturated carbocycles. The van der Waals surface area contributed by atoms with Gasteiger partial charge in [-0.3, -0.25) is 4.79 Å². The molecule has 78 valence electrons. The second kappa shape index (κ2) is 3.16. The number of carbonyl (C=O) groups is 1. The maximum absolute atomic E-state index is 13.1. The van der Waals surface area contributed by atoms with E-state index in [0.717, 1.165) is 18.4 Å². The Morgan fingerprint density at radius 2 is 2.13 bits per heavy atom. The van der Waals surface area contributed by atoms with Crippen molar-refractivity contribution in [3.63, 3.8) is 0 Å². The van der Waals surface area contributed by atoms with Gasteiger partial charge in [-0.2, -0.15) is 0 Å². The minimum absolute atomic E-state index is 0.132. The predicted molar refractivity (Wildman–Crippen MR) is 55.4 cm³/mol. The molecule has 2 aliphatic rings. The molecule has 1 aromatic carbocycles. The van der Waals surface area contributed by atoms with Gasteiger partial charge >= 0.3 is 0 Å². The normalized spacial score (nSPS) is 28.7. The summed E-state index contributed by atoms with van der Waals surface area (Å²) in [5.41, 5.74) is 1.73. The molecule has 2 atom stereocenters. The van der Waals surface area contributed by atoms with Gasteiger partial charge < -0.3 is 0 Å². The molecule has 0 radical (unpaired) electrons. The van der Waals surface area contributed by atoms with Crippen molar-refractivity contribution < 1.29 is 9.18 Å². The van der Waals surface area contributed by atoms with Gasteiger partial charge in [0.2, 0.25) is 0 Å². The molecule has 1 aromatic rings. The summed E-state index contributed by atoms with van der Waals surface area (Å²) in [4.78, 5) is 11.8. The van der Waals surface area contributed by atoms with Gasteiger partial charge in [0.1, 0.15) is 5.82 Å². The molecule has 0 unspecified atom stereocenters. The summed E-state index contributed by atoms with van der Waals surface area (Å²) in [7, 11) is 0. The fraction of sp³-hybridized carbons (Fsp3) is 0.462. The molecule has 0 N–H and O–H groups in total. The molecule has 2 heteroatoms. The second-order valence-electron chi connectivity index (χ2n) is 4.66. The van der Waals surface area contributed by atoms with E-state index in [1.54, 1.807) is 0 Å². The lowest BCUT2D eigenvalue weighted by Gasteiger charge is -2.27. The quantitative estimate of drug-likeness (QED) is 0.633. The van der Waals surface area contributed by atoms with Crippen LogP contribution in [-0.2, 0) is 0 Å². The number of hydrogen-bond donors (Lipinski definition) is 0. The fourth-order valence-electron chi connectivity index (χ4n) is 3.13. The first-order chi connectivity index (χ1) is 7.25. The largest absolute Gasteiger partial charge is 0.294 e. The van der Waals surface area contributed by atoms with Gasteiger partial charge in [-0.25, -0.2) is 4.39 Å². The molecular weight excluding hydrogens is 191 g/mol. The Labute approximate surface area is 88.3 Å². The fourth-order valence-corrected chi connectivity index (χ4v) is 3.13. The molecule has 2 aliphatic carbocycles. The van der Waals surface area contributed by atoms with Crippen LogP contribution in [-0.4, -0.2) is 5.78 Å². The Balaban J connectivity index is 2.14. The van der Waals surface area contributed by atoms with Crippen molar-refractivity contribution >= 4 is 5.78 Å². The van der Waals surface area contributed by atoms with Crippen molar-refractivity contribution in [3.8, 4) is 0 Å². The van der Waals surface area contributed by atoms with Crippen molar-refractivity contribution in [1.29, 1.82) is 0 Å². The SMILES string of the molecule is O=C1C[C@@H]2CCC[C@H]2c2ccc(F)cc21. The summed E-state index contributed by atoms with van der Waals surface area (Å²) in [5.74, 6) is 0.875. The molecule has 0 spiro atoms. The van der Waals surface area contributed by atoms with Crippen molar-refractivity contribution in [2.75, 3.05) is 0 Å². The molecule has 0 bridgehead atoms. The highest BCUT2D eigenvalue weighted by atomic mass is 19.1. The minimum Gasteiger partial charge on any atom is -0.294 e. The van der Waals surface area contributed by atoms with Crippen LogP contribution < -0.4 is 0 Å². The maximum atomic E-state index is 13.1. The summed E-state index contributed by atoms with van der Waals surface area (Å²) < 4.78 is 13.1. The van der Waals surface area contributed by atoms with Gasteiger partial charge in [0.05, 0.1) is 0 Å². The van der Waals surface area contributed by atoms with E-state index in [1.807, 2.05) is 6.07 Å². The van der Waals surface area contributed by atoms with Crippen molar-refractivity contribution in [1.82, 2.24) is 0 Å². The van der Waals surface area contributed by atoms with Crippen molar-refractivity contribution in [2.45, 2.75) is 31.6 Å². The molecule has 15 heavy (non-hydrogen) atoms. The van der Waals surface area contributed by atoms with Crippen LogP contribution in [0.1, 0.15) is 47.5 Å². The Hall–Kier alpha value is -1.18. The first kappa shape index (κ1) is 9.08. The van der Waals surface area contributed by atoms with E-state index >= 15 is 0 Å². The monoisotopic (exact) mass is 204 g/mol. The Morgan fingerprint density at radius 1 is 1.27 bits per heavy atom. The number of rotatable bonds is 0. The minimum atomic E-state index is -0.293. The van der Waals surface area contributed by atoms with Crippen LogP contribution >= 0.6 is 0 Å². The number of hydrogen-bond acceptors (Lipinski definition) is 1. The van der Waals surface area contributed by atoms with Crippen LogP contribution in [0.5, 0.6) is 0 Å². The third kappa shape index (κ3) is 1.31. The molecule has 1 nitrogen and oxygen atoms in total. The van der Waals surface area contributed by atoms with E-state index < -0.39 is 0 Å². The van der Waals surface area contributed by atoms with Gasteiger partial charge in [-0.05, 0) is 42.4 Å². The third-order valence-electron chi connectivity index (χ3n) is 3.82. The van der Waals surface area contributed by atoms with Gasteiger partial charge in [-0.1, -0.05) is 12.5 Å². The Morgan fingerprint density at radius 3 is 3.00 bits per heavy atom. The van der Waals surface area contributed by atoms with Gasteiger partial charge in [0, 0.05) is 12.0 Å². The number of benzene rings is 1. The predicted octanol–water partition coefficient (Wildman–Crippen LogP) is 3.30. The number of carbonyl (C=O) groups excluding carboxylic acids is 1. The van der Waals surface area contributed by atoms with E-state index in [4.69, 9.17) is 0 Å². The lowest BCUT2D eigenvalue weighted by Crippen LogP contribution is -2.21. The number of Topliss-reactive ketones (excluding diaryl/α,β-unsaturated/α-hetero) is 1. The van der Waals surface area contributed by atoms with E-state index in [9.17, 15) is 9.18 Å². The number of fused-ring (bicyclic) bond motifs is 3. The third-order valence-corrected chi connectivity index (χ3v) is 3.82. The van der Waals surface area contributed by atoms with Gasteiger partial charge in [-0.15, -0.1) is 0 Å². The molecule has 0 saturated heterocycles. The Bertz CT molecular complexity index is 425. The molecule has 3 rings (SSSR count). The van der Waals surface area contributed by atoms with Crippen molar-refractivity contribution in [2.24, 2.45) is 5.92 Å². The summed E-state index contributed by atoms with van der Waals surface area (Å²) in [6.45, 7) is 0. The molecule has 0 aliphatic heterocycles. The molecular formula is C13H13FO. The van der Waals surface area contributed by atoms with E-state index in [1.165, 1.54) is 18.6 Å². The standard InChI is InChI=1S/C13H13FO/c14-9-4-5-11-10-3-1-2-8(10)6-13(15)12(11)7-9/h4-5,7-8,10H,1-3,6H2/t8-,10+/m0/s1. The second-order valence-corrected chi connectivity index (χ2v) is 4.66. The van der Waals surface area contributed by atoms with Crippen LogP contribution in [0.4, 0.5) is 4.39 Å².